The van der Waals surface area contributed by atoms with E-state index in [0.29, 0.717) is 6.42 Å². The lowest BCUT2D eigenvalue weighted by molar-refractivity contribution is -0.146. The van der Waals surface area contributed by atoms with E-state index in [1.807, 2.05) is 41.3 Å². The van der Waals surface area contributed by atoms with E-state index in [1.165, 1.54) is 0 Å². The molecule has 1 aromatic rings. The maximum Gasteiger partial charge on any atom is 0.313 e. The number of carboxylic acids is 1. The summed E-state index contributed by atoms with van der Waals surface area (Å²) in [6.07, 6.45) is 7.95. The molecule has 0 radical (unpaired) electrons. The van der Waals surface area contributed by atoms with Gasteiger partial charge >= 0.3 is 5.97 Å². The Labute approximate surface area is 147 Å². The first kappa shape index (κ1) is 16.1. The van der Waals surface area contributed by atoms with Crippen LogP contribution in [0.3, 0.4) is 0 Å². The molecule has 3 atom stereocenters. The molecule has 1 aliphatic carbocycles. The van der Waals surface area contributed by atoms with Gasteiger partial charge in [0.25, 0.3) is 0 Å². The highest BCUT2D eigenvalue weighted by atomic mass is 16.4. The number of aliphatic carboxylic acids is 1. The molecule has 5 nitrogen and oxygen atoms in total. The van der Waals surface area contributed by atoms with Crippen molar-refractivity contribution >= 4 is 18.1 Å². The normalized spacial score (nSPS) is 33.0. The minimum absolute atomic E-state index is 0.0144. The second-order valence-corrected chi connectivity index (χ2v) is 7.27. The number of hydrogen-bond donors (Lipinski definition) is 1. The molecule has 1 saturated carbocycles. The summed E-state index contributed by atoms with van der Waals surface area (Å²) >= 11 is 0. The third-order valence-electron chi connectivity index (χ3n) is 5.96. The summed E-state index contributed by atoms with van der Waals surface area (Å²) in [5, 5.41) is 10.1. The molecule has 4 rings (SSSR count). The number of likely N-dealkylation sites (tertiary alicyclic amines) is 1. The molecule has 0 spiro atoms. The fourth-order valence-electron chi connectivity index (χ4n) is 4.51. The molecular weight excluding hydrogens is 316 g/mol. The minimum Gasteiger partial charge on any atom is -0.481 e. The zero-order chi connectivity index (χ0) is 17.5. The Balaban J connectivity index is 1.67. The lowest BCUT2D eigenvalue weighted by Crippen LogP contribution is -2.46. The lowest BCUT2D eigenvalue weighted by atomic mass is 9.75. The van der Waals surface area contributed by atoms with Crippen molar-refractivity contribution in [3.05, 3.63) is 48.0 Å². The van der Waals surface area contributed by atoms with Gasteiger partial charge in [0.2, 0.25) is 5.91 Å². The Morgan fingerprint density at radius 1 is 1.20 bits per heavy atom. The minimum atomic E-state index is -1.03. The maximum absolute atomic E-state index is 12.8. The van der Waals surface area contributed by atoms with E-state index in [1.54, 1.807) is 12.3 Å². The predicted octanol–water partition coefficient (Wildman–Crippen LogP) is 2.64. The third-order valence-corrected chi connectivity index (χ3v) is 5.96. The third kappa shape index (κ3) is 2.41. The number of carbonyl (C=O) groups excluding carboxylic acids is 1. The molecule has 2 fully saturated rings. The fourth-order valence-corrected chi connectivity index (χ4v) is 4.51. The van der Waals surface area contributed by atoms with Crippen LogP contribution >= 0.6 is 0 Å². The number of hydrogen-bond acceptors (Lipinski definition) is 3. The molecule has 2 heterocycles. The van der Waals surface area contributed by atoms with Crippen LogP contribution in [0.25, 0.3) is 0 Å². The van der Waals surface area contributed by atoms with Gasteiger partial charge in [-0.3, -0.25) is 14.6 Å². The Bertz CT molecular complexity index is 737. The molecule has 1 amide bonds. The van der Waals surface area contributed by atoms with Crippen molar-refractivity contribution in [2.24, 2.45) is 10.4 Å². The first-order chi connectivity index (χ1) is 12.1. The van der Waals surface area contributed by atoms with Gasteiger partial charge in [-0.15, -0.1) is 0 Å². The van der Waals surface area contributed by atoms with Crippen LogP contribution in [0.5, 0.6) is 0 Å². The molecule has 1 N–H and O–H groups in total. The van der Waals surface area contributed by atoms with Gasteiger partial charge in [-0.25, -0.2) is 0 Å². The number of nitrogens with zero attached hydrogens (tertiary/aromatic N) is 2. The maximum atomic E-state index is 12.8. The van der Waals surface area contributed by atoms with Gasteiger partial charge in [0, 0.05) is 25.2 Å². The highest BCUT2D eigenvalue weighted by Crippen LogP contribution is 2.68. The first-order valence-electron chi connectivity index (χ1n) is 8.88. The Morgan fingerprint density at radius 2 is 1.92 bits per heavy atom. The number of allylic oxidation sites excluding steroid dienone is 1. The topological polar surface area (TPSA) is 70.0 Å². The Morgan fingerprint density at radius 3 is 2.52 bits per heavy atom. The molecule has 0 bridgehead atoms. The van der Waals surface area contributed by atoms with Gasteiger partial charge in [-0.2, -0.15) is 0 Å². The van der Waals surface area contributed by atoms with Crippen molar-refractivity contribution in [3.63, 3.8) is 0 Å². The van der Waals surface area contributed by atoms with Crippen LogP contribution in [0.2, 0.25) is 0 Å². The van der Waals surface area contributed by atoms with E-state index in [-0.39, 0.29) is 18.2 Å². The standard InChI is InChI=1S/C20H22N2O3/c23-17(22-11-4-5-12-22)14-19(9-6-10-21-19)20(18(24)25)13-16(20)15-7-2-1-3-8-15/h1-3,6-10,16H,4-5,11-14H2,(H,24,25). The molecule has 3 unspecified atom stereocenters. The second-order valence-electron chi connectivity index (χ2n) is 7.27. The number of rotatable bonds is 5. The zero-order valence-corrected chi connectivity index (χ0v) is 14.1. The Kier molecular flexibility index (Phi) is 3.74. The summed E-state index contributed by atoms with van der Waals surface area (Å²) in [6, 6.07) is 9.71. The van der Waals surface area contributed by atoms with Gasteiger partial charge < -0.3 is 10.0 Å². The van der Waals surface area contributed by atoms with Crippen LogP contribution in [0.4, 0.5) is 0 Å². The van der Waals surface area contributed by atoms with Crippen molar-refractivity contribution < 1.29 is 14.7 Å². The van der Waals surface area contributed by atoms with Gasteiger partial charge in [-0.1, -0.05) is 36.4 Å². The SMILES string of the molecule is O=C(CC1(C2(C(=O)O)CC2c2ccccc2)C=CC=N1)N1CCCC1. The fraction of sp³-hybridized carbons (Fsp3) is 0.450. The summed E-state index contributed by atoms with van der Waals surface area (Å²) < 4.78 is 0. The van der Waals surface area contributed by atoms with Crippen LogP contribution < -0.4 is 0 Å². The van der Waals surface area contributed by atoms with Gasteiger partial charge in [0.05, 0.1) is 6.42 Å². The smallest absolute Gasteiger partial charge is 0.313 e. The molecule has 3 aliphatic rings. The van der Waals surface area contributed by atoms with Crippen molar-refractivity contribution in [1.29, 1.82) is 0 Å². The first-order valence-corrected chi connectivity index (χ1v) is 8.88. The second kappa shape index (κ2) is 5.83. The molecule has 1 aromatic carbocycles. The molecule has 25 heavy (non-hydrogen) atoms. The van der Waals surface area contributed by atoms with Crippen molar-refractivity contribution in [2.45, 2.75) is 37.1 Å². The van der Waals surface area contributed by atoms with Crippen LogP contribution in [-0.2, 0) is 9.59 Å². The van der Waals surface area contributed by atoms with Crippen molar-refractivity contribution in [1.82, 2.24) is 4.90 Å². The van der Waals surface area contributed by atoms with Crippen LogP contribution in [0.15, 0.2) is 47.5 Å². The van der Waals surface area contributed by atoms with Gasteiger partial charge in [-0.05, 0) is 30.9 Å². The molecular formula is C20H22N2O3. The van der Waals surface area contributed by atoms with Crippen LogP contribution in [-0.4, -0.2) is 46.7 Å². The summed E-state index contributed by atoms with van der Waals surface area (Å²) in [5.74, 6) is -0.961. The average molecular weight is 338 g/mol. The quantitative estimate of drug-likeness (QED) is 0.897. The van der Waals surface area contributed by atoms with E-state index >= 15 is 0 Å². The van der Waals surface area contributed by atoms with Crippen LogP contribution in [0, 0.1) is 5.41 Å². The number of benzene rings is 1. The highest BCUT2D eigenvalue weighted by molar-refractivity contribution is 5.90. The van der Waals surface area contributed by atoms with E-state index < -0.39 is 16.9 Å². The summed E-state index contributed by atoms with van der Waals surface area (Å²) in [5.41, 5.74) is -1.000. The monoisotopic (exact) mass is 338 g/mol. The molecule has 2 aliphatic heterocycles. The number of aliphatic imine (C=N–C) groups is 1. The summed E-state index contributed by atoms with van der Waals surface area (Å²) in [4.78, 5) is 31.5. The van der Waals surface area contributed by atoms with Gasteiger partial charge in [0.1, 0.15) is 11.0 Å². The van der Waals surface area contributed by atoms with Crippen LogP contribution in [0.1, 0.15) is 37.2 Å². The summed E-state index contributed by atoms with van der Waals surface area (Å²) in [6.45, 7) is 1.54. The number of amides is 1. The molecule has 1 saturated heterocycles. The van der Waals surface area contributed by atoms with E-state index in [9.17, 15) is 14.7 Å². The average Bonchev–Trinajstić information content (AvgIpc) is 2.98. The molecule has 130 valence electrons. The lowest BCUT2D eigenvalue weighted by Gasteiger charge is -2.33. The molecule has 0 aromatic heterocycles. The van der Waals surface area contributed by atoms with Crippen molar-refractivity contribution in [2.75, 3.05) is 13.1 Å². The zero-order valence-electron chi connectivity index (χ0n) is 14.1. The number of carbonyl (C=O) groups is 2. The Hall–Kier alpha value is -2.43. The molecule has 5 heteroatoms. The predicted molar refractivity (Wildman–Crippen MR) is 94.7 cm³/mol. The van der Waals surface area contributed by atoms with Gasteiger partial charge in [0.15, 0.2) is 0 Å². The van der Waals surface area contributed by atoms with E-state index in [4.69, 9.17) is 0 Å². The largest absolute Gasteiger partial charge is 0.481 e. The highest BCUT2D eigenvalue weighted by Gasteiger charge is 2.72. The van der Waals surface area contributed by atoms with E-state index in [2.05, 4.69) is 4.99 Å². The summed E-state index contributed by atoms with van der Waals surface area (Å²) in [7, 11) is 0. The van der Waals surface area contributed by atoms with Crippen molar-refractivity contribution in [3.8, 4) is 0 Å². The number of carboxylic acid groups (broad SMARTS) is 1. The van der Waals surface area contributed by atoms with E-state index in [0.717, 1.165) is 31.5 Å².